The normalized spacial score (nSPS) is 28.3. The molecule has 0 amide bonds. The summed E-state index contributed by atoms with van der Waals surface area (Å²) in [5.41, 5.74) is 7.01. The van der Waals surface area contributed by atoms with E-state index in [2.05, 4.69) is 6.92 Å². The van der Waals surface area contributed by atoms with Crippen LogP contribution in [0.15, 0.2) is 24.3 Å². The van der Waals surface area contributed by atoms with Gasteiger partial charge in [-0.2, -0.15) is 0 Å². The second kappa shape index (κ2) is 6.33. The molecule has 2 N–H and O–H groups in total. The Morgan fingerprint density at radius 3 is 2.78 bits per heavy atom. The first kappa shape index (κ1) is 13.5. The Morgan fingerprint density at radius 1 is 1.28 bits per heavy atom. The van der Waals surface area contributed by atoms with Crippen molar-refractivity contribution in [1.29, 1.82) is 0 Å². The Labute approximate surface area is 110 Å². The van der Waals surface area contributed by atoms with Gasteiger partial charge in [-0.15, -0.1) is 0 Å². The van der Waals surface area contributed by atoms with Crippen molar-refractivity contribution in [2.24, 2.45) is 23.5 Å². The summed E-state index contributed by atoms with van der Waals surface area (Å²) in [6.45, 7) is 3.04. The summed E-state index contributed by atoms with van der Waals surface area (Å²) in [4.78, 5) is 0. The second-order valence-electron chi connectivity index (χ2n) is 5.68. The van der Waals surface area contributed by atoms with Crippen LogP contribution in [0.25, 0.3) is 0 Å². The first-order valence-electron chi connectivity index (χ1n) is 7.17. The van der Waals surface area contributed by atoms with Crippen molar-refractivity contribution < 1.29 is 4.39 Å². The maximum atomic E-state index is 13.2. The van der Waals surface area contributed by atoms with Crippen molar-refractivity contribution in [2.45, 2.75) is 39.0 Å². The predicted octanol–water partition coefficient (Wildman–Crippen LogP) is 3.77. The quantitative estimate of drug-likeness (QED) is 0.863. The van der Waals surface area contributed by atoms with Gasteiger partial charge in [-0.1, -0.05) is 31.9 Å². The molecule has 0 heterocycles. The molecular weight excluding hydrogens is 225 g/mol. The number of rotatable bonds is 4. The standard InChI is InChI=1S/C16H24FN/c1-2-12-6-7-14(11-18)15(8-12)9-13-4-3-5-16(17)10-13/h3-5,10,12,14-15H,2,6-9,11,18H2,1H3. The van der Waals surface area contributed by atoms with Crippen molar-refractivity contribution in [1.82, 2.24) is 0 Å². The van der Waals surface area contributed by atoms with Gasteiger partial charge in [0.1, 0.15) is 5.82 Å². The number of hydrogen-bond acceptors (Lipinski definition) is 1. The minimum absolute atomic E-state index is 0.125. The van der Waals surface area contributed by atoms with Gasteiger partial charge in [0.2, 0.25) is 0 Å². The molecule has 0 aliphatic heterocycles. The fourth-order valence-electron chi connectivity index (χ4n) is 3.32. The summed E-state index contributed by atoms with van der Waals surface area (Å²) < 4.78 is 13.2. The lowest BCUT2D eigenvalue weighted by Gasteiger charge is -2.35. The number of halogens is 1. The van der Waals surface area contributed by atoms with Gasteiger partial charge in [-0.25, -0.2) is 4.39 Å². The third-order valence-corrected chi connectivity index (χ3v) is 4.52. The van der Waals surface area contributed by atoms with Gasteiger partial charge in [-0.3, -0.25) is 0 Å². The highest BCUT2D eigenvalue weighted by atomic mass is 19.1. The molecule has 0 aromatic heterocycles. The van der Waals surface area contributed by atoms with Gasteiger partial charge in [0.15, 0.2) is 0 Å². The molecule has 0 radical (unpaired) electrons. The average molecular weight is 249 g/mol. The molecule has 100 valence electrons. The molecule has 1 nitrogen and oxygen atoms in total. The second-order valence-corrected chi connectivity index (χ2v) is 5.68. The van der Waals surface area contributed by atoms with Crippen LogP contribution in [0.3, 0.4) is 0 Å². The fraction of sp³-hybridized carbons (Fsp3) is 0.625. The van der Waals surface area contributed by atoms with Crippen molar-refractivity contribution in [3.05, 3.63) is 35.6 Å². The molecule has 18 heavy (non-hydrogen) atoms. The van der Waals surface area contributed by atoms with E-state index >= 15 is 0 Å². The molecule has 3 unspecified atom stereocenters. The summed E-state index contributed by atoms with van der Waals surface area (Å²) in [7, 11) is 0. The Balaban J connectivity index is 2.04. The smallest absolute Gasteiger partial charge is 0.123 e. The largest absolute Gasteiger partial charge is 0.330 e. The zero-order valence-corrected chi connectivity index (χ0v) is 11.2. The summed E-state index contributed by atoms with van der Waals surface area (Å²) in [6.07, 6.45) is 6.06. The van der Waals surface area contributed by atoms with E-state index in [-0.39, 0.29) is 5.82 Å². The lowest BCUT2D eigenvalue weighted by Crippen LogP contribution is -2.31. The van der Waals surface area contributed by atoms with Crippen LogP contribution < -0.4 is 5.73 Å². The van der Waals surface area contributed by atoms with Crippen LogP contribution in [0.1, 0.15) is 38.2 Å². The molecule has 1 aliphatic rings. The lowest BCUT2D eigenvalue weighted by molar-refractivity contribution is 0.180. The van der Waals surface area contributed by atoms with E-state index in [4.69, 9.17) is 5.73 Å². The third-order valence-electron chi connectivity index (χ3n) is 4.52. The molecular formula is C16H24FN. The minimum atomic E-state index is -0.125. The van der Waals surface area contributed by atoms with E-state index in [1.807, 2.05) is 12.1 Å². The molecule has 2 heteroatoms. The highest BCUT2D eigenvalue weighted by Crippen LogP contribution is 2.36. The molecule has 0 bridgehead atoms. The zero-order chi connectivity index (χ0) is 13.0. The van der Waals surface area contributed by atoms with Crippen LogP contribution in [0.2, 0.25) is 0 Å². The van der Waals surface area contributed by atoms with Crippen LogP contribution >= 0.6 is 0 Å². The van der Waals surface area contributed by atoms with Crippen molar-refractivity contribution in [3.63, 3.8) is 0 Å². The van der Waals surface area contributed by atoms with E-state index in [1.54, 1.807) is 6.07 Å². The average Bonchev–Trinajstić information content (AvgIpc) is 2.38. The first-order valence-corrected chi connectivity index (χ1v) is 7.17. The highest BCUT2D eigenvalue weighted by Gasteiger charge is 2.28. The van der Waals surface area contributed by atoms with E-state index in [0.717, 1.165) is 24.4 Å². The Kier molecular flexibility index (Phi) is 4.76. The summed E-state index contributed by atoms with van der Waals surface area (Å²) in [5.74, 6) is 1.97. The molecule has 3 atom stereocenters. The van der Waals surface area contributed by atoms with Crippen LogP contribution in [-0.4, -0.2) is 6.54 Å². The number of nitrogens with two attached hydrogens (primary N) is 1. The van der Waals surface area contributed by atoms with Gasteiger partial charge in [0.05, 0.1) is 0 Å². The number of benzene rings is 1. The van der Waals surface area contributed by atoms with Crippen molar-refractivity contribution in [2.75, 3.05) is 6.54 Å². The van der Waals surface area contributed by atoms with E-state index in [0.29, 0.717) is 11.8 Å². The highest BCUT2D eigenvalue weighted by molar-refractivity contribution is 5.17. The SMILES string of the molecule is CCC1CCC(CN)C(Cc2cccc(F)c2)C1. The third kappa shape index (κ3) is 3.32. The van der Waals surface area contributed by atoms with Crippen LogP contribution in [0, 0.1) is 23.6 Å². The first-order chi connectivity index (χ1) is 8.72. The van der Waals surface area contributed by atoms with Gasteiger partial charge in [0, 0.05) is 0 Å². The molecule has 0 saturated heterocycles. The van der Waals surface area contributed by atoms with Crippen LogP contribution in [-0.2, 0) is 6.42 Å². The Hall–Kier alpha value is -0.890. The van der Waals surface area contributed by atoms with Crippen molar-refractivity contribution >= 4 is 0 Å². The molecule has 0 spiro atoms. The van der Waals surface area contributed by atoms with E-state index in [1.165, 1.54) is 31.7 Å². The van der Waals surface area contributed by atoms with Gasteiger partial charge in [-0.05, 0) is 61.3 Å². The van der Waals surface area contributed by atoms with E-state index in [9.17, 15) is 4.39 Å². The summed E-state index contributed by atoms with van der Waals surface area (Å²) in [6, 6.07) is 7.03. The summed E-state index contributed by atoms with van der Waals surface area (Å²) >= 11 is 0. The maximum Gasteiger partial charge on any atom is 0.123 e. The van der Waals surface area contributed by atoms with Gasteiger partial charge < -0.3 is 5.73 Å². The van der Waals surface area contributed by atoms with Crippen molar-refractivity contribution in [3.8, 4) is 0 Å². The Morgan fingerprint density at radius 2 is 2.11 bits per heavy atom. The minimum Gasteiger partial charge on any atom is -0.330 e. The maximum absolute atomic E-state index is 13.2. The fourth-order valence-corrected chi connectivity index (χ4v) is 3.32. The zero-order valence-electron chi connectivity index (χ0n) is 11.2. The summed E-state index contributed by atoms with van der Waals surface area (Å²) in [5, 5.41) is 0. The van der Waals surface area contributed by atoms with Gasteiger partial charge in [0.25, 0.3) is 0 Å². The topological polar surface area (TPSA) is 26.0 Å². The predicted molar refractivity (Wildman–Crippen MR) is 73.8 cm³/mol. The molecule has 1 saturated carbocycles. The molecule has 1 aliphatic carbocycles. The van der Waals surface area contributed by atoms with E-state index < -0.39 is 0 Å². The molecule has 1 aromatic carbocycles. The number of hydrogen-bond donors (Lipinski definition) is 1. The molecule has 1 fully saturated rings. The molecule has 1 aromatic rings. The van der Waals surface area contributed by atoms with Gasteiger partial charge >= 0.3 is 0 Å². The monoisotopic (exact) mass is 249 g/mol. The van der Waals surface area contributed by atoms with Crippen LogP contribution in [0.4, 0.5) is 4.39 Å². The molecule has 2 rings (SSSR count). The Bertz CT molecular complexity index is 377. The van der Waals surface area contributed by atoms with Crippen LogP contribution in [0.5, 0.6) is 0 Å². The lowest BCUT2D eigenvalue weighted by atomic mass is 9.71.